The Bertz CT molecular complexity index is 499. The van der Waals surface area contributed by atoms with Crippen LogP contribution in [-0.2, 0) is 0 Å². The maximum absolute atomic E-state index is 5.66. The molecule has 1 N–H and O–H groups in total. The molecule has 1 aromatic rings. The van der Waals surface area contributed by atoms with Crippen LogP contribution in [0.4, 0.5) is 0 Å². The highest BCUT2D eigenvalue weighted by atomic mass is 127. The van der Waals surface area contributed by atoms with E-state index in [1.807, 2.05) is 12.1 Å². The van der Waals surface area contributed by atoms with Crippen molar-refractivity contribution >= 4 is 29.9 Å². The van der Waals surface area contributed by atoms with Crippen molar-refractivity contribution in [3.05, 3.63) is 24.5 Å². The van der Waals surface area contributed by atoms with Crippen molar-refractivity contribution in [3.8, 4) is 5.75 Å². The van der Waals surface area contributed by atoms with Gasteiger partial charge in [-0.1, -0.05) is 6.92 Å². The van der Waals surface area contributed by atoms with Gasteiger partial charge in [0.25, 0.3) is 0 Å². The Balaban J connectivity index is 0.00000312. The zero-order chi connectivity index (χ0) is 17.2. The lowest BCUT2D eigenvalue weighted by atomic mass is 10.2. The van der Waals surface area contributed by atoms with E-state index >= 15 is 0 Å². The summed E-state index contributed by atoms with van der Waals surface area (Å²) in [5.41, 5.74) is 0. The lowest BCUT2D eigenvalue weighted by molar-refractivity contribution is 0.232. The van der Waals surface area contributed by atoms with Crippen LogP contribution in [0.2, 0.25) is 0 Å². The summed E-state index contributed by atoms with van der Waals surface area (Å²) in [6, 6.07) is 4.42. The predicted molar refractivity (Wildman–Crippen MR) is 114 cm³/mol. The molecule has 1 aliphatic rings. The van der Waals surface area contributed by atoms with Crippen molar-refractivity contribution in [2.45, 2.75) is 32.7 Å². The third kappa shape index (κ3) is 7.35. The van der Waals surface area contributed by atoms with Crippen LogP contribution in [0.15, 0.2) is 29.5 Å². The molecule has 1 saturated heterocycles. The van der Waals surface area contributed by atoms with Crippen LogP contribution in [0.3, 0.4) is 0 Å². The van der Waals surface area contributed by atoms with Crippen molar-refractivity contribution < 1.29 is 4.74 Å². The zero-order valence-corrected chi connectivity index (χ0v) is 18.0. The molecule has 2 rings (SSSR count). The first-order chi connectivity index (χ1) is 11.7. The number of guanidine groups is 1. The Kier molecular flexibility index (Phi) is 10.8. The summed E-state index contributed by atoms with van der Waals surface area (Å²) in [6.07, 6.45) is 6.05. The molecular formula is C18H32IN5O. The van der Waals surface area contributed by atoms with Gasteiger partial charge in [-0.05, 0) is 45.0 Å². The molecular weight excluding hydrogens is 429 g/mol. The first kappa shape index (κ1) is 22.0. The summed E-state index contributed by atoms with van der Waals surface area (Å²) in [7, 11) is 2.12. The summed E-state index contributed by atoms with van der Waals surface area (Å²) in [5, 5.41) is 3.38. The highest BCUT2D eigenvalue weighted by molar-refractivity contribution is 14.0. The van der Waals surface area contributed by atoms with E-state index < -0.39 is 0 Å². The molecule has 0 spiro atoms. The number of nitrogens with one attached hydrogen (secondary N) is 1. The van der Waals surface area contributed by atoms with Crippen LogP contribution in [0, 0.1) is 0 Å². The van der Waals surface area contributed by atoms with E-state index in [0.717, 1.165) is 31.3 Å². The molecule has 142 valence electrons. The molecule has 1 fully saturated rings. The summed E-state index contributed by atoms with van der Waals surface area (Å²) in [5.74, 6) is 1.74. The van der Waals surface area contributed by atoms with E-state index in [-0.39, 0.29) is 24.0 Å². The molecule has 0 radical (unpaired) electrons. The molecule has 1 unspecified atom stereocenters. The van der Waals surface area contributed by atoms with Crippen LogP contribution in [0.25, 0.3) is 0 Å². The molecule has 1 aromatic heterocycles. The number of likely N-dealkylation sites (N-methyl/N-ethyl adjacent to an activating group) is 2. The number of ether oxygens (including phenoxy) is 1. The van der Waals surface area contributed by atoms with Gasteiger partial charge in [0.1, 0.15) is 12.4 Å². The second kappa shape index (κ2) is 12.3. The molecule has 0 aliphatic carbocycles. The van der Waals surface area contributed by atoms with E-state index in [2.05, 4.69) is 46.0 Å². The van der Waals surface area contributed by atoms with Crippen LogP contribution < -0.4 is 10.1 Å². The van der Waals surface area contributed by atoms with Crippen LogP contribution >= 0.6 is 24.0 Å². The normalized spacial score (nSPS) is 17.9. The SMILES string of the molecule is CCNC(=NCCOc1cccnc1)N(C)CC1CCCN1CC.I. The lowest BCUT2D eigenvalue weighted by Crippen LogP contribution is -2.46. The first-order valence-electron chi connectivity index (χ1n) is 9.01. The molecule has 25 heavy (non-hydrogen) atoms. The minimum atomic E-state index is 0. The van der Waals surface area contributed by atoms with Gasteiger partial charge in [0.2, 0.25) is 0 Å². The number of likely N-dealkylation sites (tertiary alicyclic amines) is 1. The largest absolute Gasteiger partial charge is 0.490 e. The van der Waals surface area contributed by atoms with Gasteiger partial charge < -0.3 is 15.0 Å². The fourth-order valence-corrected chi connectivity index (χ4v) is 3.14. The van der Waals surface area contributed by atoms with Gasteiger partial charge in [0.15, 0.2) is 5.96 Å². The van der Waals surface area contributed by atoms with Crippen molar-refractivity contribution in [1.29, 1.82) is 0 Å². The fraction of sp³-hybridized carbons (Fsp3) is 0.667. The summed E-state index contributed by atoms with van der Waals surface area (Å²) >= 11 is 0. The van der Waals surface area contributed by atoms with Gasteiger partial charge in [0, 0.05) is 32.4 Å². The molecule has 0 bridgehead atoms. The second-order valence-corrected chi connectivity index (χ2v) is 6.08. The molecule has 1 atom stereocenters. The van der Waals surface area contributed by atoms with E-state index in [4.69, 9.17) is 4.74 Å². The predicted octanol–water partition coefficient (Wildman–Crippen LogP) is 2.46. The van der Waals surface area contributed by atoms with Crippen LogP contribution in [-0.4, -0.2) is 73.2 Å². The summed E-state index contributed by atoms with van der Waals surface area (Å²) < 4.78 is 5.66. The number of halogens is 1. The first-order valence-corrected chi connectivity index (χ1v) is 9.01. The number of hydrogen-bond donors (Lipinski definition) is 1. The number of nitrogens with zero attached hydrogens (tertiary/aromatic N) is 4. The van der Waals surface area contributed by atoms with Crippen molar-refractivity contribution in [3.63, 3.8) is 0 Å². The van der Waals surface area contributed by atoms with Gasteiger partial charge in [-0.2, -0.15) is 0 Å². The lowest BCUT2D eigenvalue weighted by Gasteiger charge is -2.29. The van der Waals surface area contributed by atoms with E-state index in [9.17, 15) is 0 Å². The van der Waals surface area contributed by atoms with Crippen molar-refractivity contribution in [1.82, 2.24) is 20.1 Å². The fourth-order valence-electron chi connectivity index (χ4n) is 3.14. The summed E-state index contributed by atoms with van der Waals surface area (Å²) in [4.78, 5) is 13.5. The van der Waals surface area contributed by atoms with Gasteiger partial charge >= 0.3 is 0 Å². The van der Waals surface area contributed by atoms with Crippen LogP contribution in [0.5, 0.6) is 5.75 Å². The Morgan fingerprint density at radius 3 is 3.00 bits per heavy atom. The topological polar surface area (TPSA) is 53.0 Å². The smallest absolute Gasteiger partial charge is 0.193 e. The minimum Gasteiger partial charge on any atom is -0.490 e. The maximum atomic E-state index is 5.66. The third-order valence-electron chi connectivity index (χ3n) is 4.34. The quantitative estimate of drug-likeness (QED) is 0.279. The Labute approximate surface area is 169 Å². The van der Waals surface area contributed by atoms with E-state index in [0.29, 0.717) is 19.2 Å². The molecule has 6 nitrogen and oxygen atoms in total. The number of hydrogen-bond acceptors (Lipinski definition) is 4. The van der Waals surface area contributed by atoms with E-state index in [1.54, 1.807) is 12.4 Å². The van der Waals surface area contributed by atoms with Crippen LogP contribution in [0.1, 0.15) is 26.7 Å². The van der Waals surface area contributed by atoms with Crippen molar-refractivity contribution in [2.24, 2.45) is 4.99 Å². The molecule has 0 aromatic carbocycles. The van der Waals surface area contributed by atoms with Crippen molar-refractivity contribution in [2.75, 3.05) is 46.4 Å². The van der Waals surface area contributed by atoms with Gasteiger partial charge in [-0.25, -0.2) is 4.99 Å². The number of pyridine rings is 1. The standard InChI is InChI=1S/C18H31N5O.HI/c1-4-20-18(21-11-13-24-17-9-6-10-19-14-17)22(3)15-16-8-7-12-23(16)5-2;/h6,9-10,14,16H,4-5,7-8,11-13,15H2,1-3H3,(H,20,21);1H. The number of aliphatic imine (C=N–C) groups is 1. The number of aromatic nitrogens is 1. The highest BCUT2D eigenvalue weighted by Gasteiger charge is 2.24. The zero-order valence-electron chi connectivity index (χ0n) is 15.6. The second-order valence-electron chi connectivity index (χ2n) is 6.08. The number of rotatable bonds is 8. The monoisotopic (exact) mass is 461 g/mol. The average molecular weight is 461 g/mol. The molecule has 2 heterocycles. The molecule has 1 aliphatic heterocycles. The van der Waals surface area contributed by atoms with Gasteiger partial charge in [-0.3, -0.25) is 9.88 Å². The minimum absolute atomic E-state index is 0. The summed E-state index contributed by atoms with van der Waals surface area (Å²) in [6.45, 7) is 9.77. The third-order valence-corrected chi connectivity index (χ3v) is 4.34. The Morgan fingerprint density at radius 1 is 1.48 bits per heavy atom. The Morgan fingerprint density at radius 2 is 2.32 bits per heavy atom. The molecule has 0 saturated carbocycles. The van der Waals surface area contributed by atoms with E-state index in [1.165, 1.54) is 19.4 Å². The highest BCUT2D eigenvalue weighted by Crippen LogP contribution is 2.17. The average Bonchev–Trinajstić information content (AvgIpc) is 3.05. The maximum Gasteiger partial charge on any atom is 0.193 e. The van der Waals surface area contributed by atoms with Gasteiger partial charge in [-0.15, -0.1) is 24.0 Å². The molecule has 0 amide bonds. The van der Waals surface area contributed by atoms with Gasteiger partial charge in [0.05, 0.1) is 12.7 Å². The molecule has 7 heteroatoms. The Hall–Kier alpha value is -1.09.